The van der Waals surface area contributed by atoms with E-state index in [1.165, 1.54) is 17.6 Å². The molecule has 1 heterocycles. The van der Waals surface area contributed by atoms with Crippen molar-refractivity contribution in [2.24, 2.45) is 5.73 Å². The number of rotatable bonds is 3. The maximum absolute atomic E-state index is 13.3. The molecule has 2 rings (SSSR count). The van der Waals surface area contributed by atoms with Gasteiger partial charge in [-0.15, -0.1) is 5.10 Å². The number of nitrogens with two attached hydrogens (primary N) is 1. The molecule has 6 heteroatoms. The Morgan fingerprint density at radius 2 is 2.29 bits per heavy atom. The number of halogens is 2. The van der Waals surface area contributed by atoms with Crippen LogP contribution in [-0.4, -0.2) is 9.59 Å². The molecule has 1 unspecified atom stereocenters. The summed E-state index contributed by atoms with van der Waals surface area (Å²) in [5.74, 6) is -0.270. The van der Waals surface area contributed by atoms with Crippen LogP contribution < -0.4 is 5.73 Å². The van der Waals surface area contributed by atoms with E-state index in [-0.39, 0.29) is 11.9 Å². The summed E-state index contributed by atoms with van der Waals surface area (Å²) in [5.41, 5.74) is 7.77. The second-order valence-electron chi connectivity index (χ2n) is 3.75. The Bertz CT molecular complexity index is 529. The van der Waals surface area contributed by atoms with Crippen molar-refractivity contribution in [2.45, 2.75) is 19.4 Å². The van der Waals surface area contributed by atoms with E-state index < -0.39 is 0 Å². The van der Waals surface area contributed by atoms with E-state index in [4.69, 9.17) is 5.73 Å². The Kier molecular flexibility index (Phi) is 3.86. The zero-order valence-corrected chi connectivity index (χ0v) is 11.6. The molecular weight excluding hydrogens is 305 g/mol. The Balaban J connectivity index is 2.22. The van der Waals surface area contributed by atoms with Gasteiger partial charge in [0, 0.05) is 6.04 Å². The summed E-state index contributed by atoms with van der Waals surface area (Å²) in [6.07, 6.45) is 0.559. The van der Waals surface area contributed by atoms with Gasteiger partial charge in [0.1, 0.15) is 5.82 Å². The highest BCUT2D eigenvalue weighted by molar-refractivity contribution is 9.10. The van der Waals surface area contributed by atoms with Crippen LogP contribution in [0.15, 0.2) is 22.7 Å². The lowest BCUT2D eigenvalue weighted by molar-refractivity contribution is 0.614. The molecule has 0 aliphatic rings. The fourth-order valence-corrected chi connectivity index (χ4v) is 2.68. The van der Waals surface area contributed by atoms with Gasteiger partial charge in [0.15, 0.2) is 0 Å². The first-order valence-corrected chi connectivity index (χ1v) is 6.63. The maximum atomic E-state index is 13.3. The Hall–Kier alpha value is -0.850. The molecule has 0 amide bonds. The van der Waals surface area contributed by atoms with Crippen LogP contribution in [0.2, 0.25) is 0 Å². The van der Waals surface area contributed by atoms with Crippen molar-refractivity contribution in [1.82, 2.24) is 9.59 Å². The van der Waals surface area contributed by atoms with Crippen molar-refractivity contribution < 1.29 is 4.39 Å². The number of aryl methyl sites for hydroxylation is 1. The summed E-state index contributed by atoms with van der Waals surface area (Å²) in [6.45, 7) is 1.87. The molecule has 0 radical (unpaired) electrons. The Labute approximate surface area is 111 Å². The molecule has 0 saturated carbocycles. The van der Waals surface area contributed by atoms with Gasteiger partial charge < -0.3 is 5.73 Å². The van der Waals surface area contributed by atoms with Crippen LogP contribution in [0.4, 0.5) is 4.39 Å². The monoisotopic (exact) mass is 315 g/mol. The van der Waals surface area contributed by atoms with E-state index >= 15 is 0 Å². The van der Waals surface area contributed by atoms with Gasteiger partial charge in [-0.25, -0.2) is 4.39 Å². The third-order valence-corrected chi connectivity index (χ3v) is 4.34. The van der Waals surface area contributed by atoms with Crippen molar-refractivity contribution >= 4 is 27.5 Å². The summed E-state index contributed by atoms with van der Waals surface area (Å²) in [7, 11) is 0. The number of hydrogen-bond acceptors (Lipinski definition) is 4. The average molecular weight is 316 g/mol. The number of benzene rings is 1. The third kappa shape index (κ3) is 2.70. The second kappa shape index (κ2) is 5.20. The van der Waals surface area contributed by atoms with Crippen molar-refractivity contribution in [3.8, 4) is 0 Å². The number of aromatic nitrogens is 2. The quantitative estimate of drug-likeness (QED) is 0.947. The molecule has 17 heavy (non-hydrogen) atoms. The molecule has 1 aromatic heterocycles. The van der Waals surface area contributed by atoms with Crippen LogP contribution in [0.1, 0.15) is 22.2 Å². The Morgan fingerprint density at radius 1 is 1.53 bits per heavy atom. The van der Waals surface area contributed by atoms with Crippen LogP contribution in [-0.2, 0) is 6.42 Å². The molecule has 2 N–H and O–H groups in total. The van der Waals surface area contributed by atoms with Crippen LogP contribution in [0.25, 0.3) is 0 Å². The van der Waals surface area contributed by atoms with Crippen molar-refractivity contribution in [2.75, 3.05) is 0 Å². The highest BCUT2D eigenvalue weighted by Crippen LogP contribution is 2.26. The van der Waals surface area contributed by atoms with Crippen molar-refractivity contribution in [3.63, 3.8) is 0 Å². The fraction of sp³-hybridized carbons (Fsp3) is 0.273. The number of nitrogens with zero attached hydrogens (tertiary/aromatic N) is 2. The number of hydrogen-bond donors (Lipinski definition) is 1. The highest BCUT2D eigenvalue weighted by atomic mass is 79.9. The minimum absolute atomic E-state index is 0.201. The van der Waals surface area contributed by atoms with E-state index in [2.05, 4.69) is 25.5 Å². The molecule has 90 valence electrons. The van der Waals surface area contributed by atoms with Gasteiger partial charge in [-0.1, -0.05) is 16.6 Å². The van der Waals surface area contributed by atoms with E-state index in [1.807, 2.05) is 13.0 Å². The molecule has 1 atom stereocenters. The van der Waals surface area contributed by atoms with Crippen molar-refractivity contribution in [3.05, 3.63) is 44.6 Å². The SMILES string of the molecule is Cc1nnsc1C(N)Cc1cccc(F)c1Br. The average Bonchev–Trinajstić information content (AvgIpc) is 2.71. The van der Waals surface area contributed by atoms with Crippen LogP contribution in [0, 0.1) is 12.7 Å². The van der Waals surface area contributed by atoms with Gasteiger partial charge in [0.05, 0.1) is 15.0 Å². The lowest BCUT2D eigenvalue weighted by atomic mass is 10.0. The van der Waals surface area contributed by atoms with Gasteiger partial charge in [-0.2, -0.15) is 0 Å². The molecule has 3 nitrogen and oxygen atoms in total. The smallest absolute Gasteiger partial charge is 0.137 e. The summed E-state index contributed by atoms with van der Waals surface area (Å²) in [6, 6.07) is 4.75. The zero-order valence-electron chi connectivity index (χ0n) is 9.15. The van der Waals surface area contributed by atoms with Gasteiger partial charge in [0.25, 0.3) is 0 Å². The van der Waals surface area contributed by atoms with Gasteiger partial charge in [-0.3, -0.25) is 0 Å². The molecule has 0 bridgehead atoms. The highest BCUT2D eigenvalue weighted by Gasteiger charge is 2.15. The predicted molar refractivity (Wildman–Crippen MR) is 69.4 cm³/mol. The first-order valence-electron chi connectivity index (χ1n) is 5.07. The van der Waals surface area contributed by atoms with Crippen molar-refractivity contribution in [1.29, 1.82) is 0 Å². The molecular formula is C11H11BrFN3S. The normalized spacial score (nSPS) is 12.7. The molecule has 0 saturated heterocycles. The molecule has 0 aliphatic heterocycles. The lowest BCUT2D eigenvalue weighted by Gasteiger charge is -2.11. The minimum atomic E-state index is -0.270. The van der Waals surface area contributed by atoms with E-state index in [9.17, 15) is 4.39 Å². The van der Waals surface area contributed by atoms with Crippen LogP contribution in [0.5, 0.6) is 0 Å². The molecule has 0 spiro atoms. The summed E-state index contributed by atoms with van der Waals surface area (Å²) in [5, 5.41) is 3.92. The molecule has 0 aliphatic carbocycles. The van der Waals surface area contributed by atoms with Crippen LogP contribution >= 0.6 is 27.5 Å². The van der Waals surface area contributed by atoms with E-state index in [0.717, 1.165) is 16.1 Å². The summed E-state index contributed by atoms with van der Waals surface area (Å²) >= 11 is 4.52. The van der Waals surface area contributed by atoms with Crippen LogP contribution in [0.3, 0.4) is 0 Å². The minimum Gasteiger partial charge on any atom is -0.323 e. The summed E-state index contributed by atoms with van der Waals surface area (Å²) < 4.78 is 17.7. The fourth-order valence-electron chi connectivity index (χ4n) is 1.61. The maximum Gasteiger partial charge on any atom is 0.137 e. The second-order valence-corrected chi connectivity index (χ2v) is 5.32. The van der Waals surface area contributed by atoms with Gasteiger partial charge in [-0.05, 0) is 52.4 Å². The largest absolute Gasteiger partial charge is 0.323 e. The zero-order chi connectivity index (χ0) is 12.4. The first kappa shape index (κ1) is 12.6. The lowest BCUT2D eigenvalue weighted by Crippen LogP contribution is -2.13. The van der Waals surface area contributed by atoms with E-state index in [1.54, 1.807) is 6.07 Å². The third-order valence-electron chi connectivity index (χ3n) is 2.49. The standard InChI is InChI=1S/C11H11BrFN3S/c1-6-11(17-16-15-6)9(14)5-7-3-2-4-8(13)10(7)12/h2-4,9H,5,14H2,1H3. The molecule has 0 fully saturated rings. The predicted octanol–water partition coefficient (Wildman–Crippen LogP) is 2.99. The Morgan fingerprint density at radius 3 is 2.94 bits per heavy atom. The topological polar surface area (TPSA) is 51.8 Å². The van der Waals surface area contributed by atoms with Gasteiger partial charge >= 0.3 is 0 Å². The molecule has 1 aromatic carbocycles. The summed E-state index contributed by atoms with van der Waals surface area (Å²) in [4.78, 5) is 0.946. The molecule has 2 aromatic rings. The van der Waals surface area contributed by atoms with E-state index in [0.29, 0.717) is 10.9 Å². The first-order chi connectivity index (χ1) is 8.09. The van der Waals surface area contributed by atoms with Gasteiger partial charge in [0.2, 0.25) is 0 Å².